The molecule has 28 heavy (non-hydrogen) atoms. The second-order valence-corrected chi connectivity index (χ2v) is 6.13. The number of aromatic nitrogens is 2. The van der Waals surface area contributed by atoms with Gasteiger partial charge in [0.2, 0.25) is 17.6 Å². The van der Waals surface area contributed by atoms with Crippen molar-refractivity contribution in [3.8, 4) is 22.9 Å². The highest BCUT2D eigenvalue weighted by atomic mass is 16.5. The Labute approximate surface area is 163 Å². The molecule has 1 N–H and O–H groups in total. The Bertz CT molecular complexity index is 906. The minimum Gasteiger partial charge on any atom is -0.497 e. The minimum absolute atomic E-state index is 0.142. The van der Waals surface area contributed by atoms with Crippen molar-refractivity contribution in [2.75, 3.05) is 19.0 Å². The zero-order chi connectivity index (χ0) is 19.8. The number of nitrogens with one attached hydrogen (secondary N) is 1. The van der Waals surface area contributed by atoms with E-state index in [1.807, 2.05) is 55.5 Å². The number of hydrogen-bond acceptors (Lipinski definition) is 6. The average molecular weight is 381 g/mol. The fraction of sp³-hybridized carbons (Fsp3) is 0.286. The maximum absolute atomic E-state index is 12.3. The summed E-state index contributed by atoms with van der Waals surface area (Å²) in [6.07, 6.45) is 1.48. The van der Waals surface area contributed by atoms with E-state index in [0.29, 0.717) is 36.2 Å². The van der Waals surface area contributed by atoms with E-state index in [4.69, 9.17) is 14.0 Å². The van der Waals surface area contributed by atoms with Gasteiger partial charge in [0.25, 0.3) is 0 Å². The lowest BCUT2D eigenvalue weighted by molar-refractivity contribution is -0.116. The highest BCUT2D eigenvalue weighted by Crippen LogP contribution is 2.24. The van der Waals surface area contributed by atoms with Gasteiger partial charge in [-0.25, -0.2) is 0 Å². The predicted octanol–water partition coefficient (Wildman–Crippen LogP) is 4.11. The van der Waals surface area contributed by atoms with Gasteiger partial charge in [-0.3, -0.25) is 4.79 Å². The Balaban J connectivity index is 1.56. The third-order valence-electron chi connectivity index (χ3n) is 4.01. The van der Waals surface area contributed by atoms with Crippen LogP contribution in [0.4, 0.5) is 5.69 Å². The SMILES string of the molecule is CCCOc1ccccc1NC(=O)CCc1nc(-c2ccc(OC)cc2)no1. The number of benzene rings is 2. The zero-order valence-corrected chi connectivity index (χ0v) is 16.0. The number of hydrogen-bond donors (Lipinski definition) is 1. The number of aryl methyl sites for hydroxylation is 1. The van der Waals surface area contributed by atoms with Crippen molar-refractivity contribution in [3.63, 3.8) is 0 Å². The molecule has 0 unspecified atom stereocenters. The lowest BCUT2D eigenvalue weighted by Crippen LogP contribution is -2.13. The standard InChI is InChI=1S/C21H23N3O4/c1-3-14-27-18-7-5-4-6-17(18)22-19(25)12-13-20-23-21(24-28-20)15-8-10-16(26-2)11-9-15/h4-11H,3,12-14H2,1-2H3,(H,22,25). The highest BCUT2D eigenvalue weighted by molar-refractivity contribution is 5.92. The Morgan fingerprint density at radius 1 is 1.14 bits per heavy atom. The molecule has 0 saturated heterocycles. The van der Waals surface area contributed by atoms with Gasteiger partial charge in [0.05, 0.1) is 19.4 Å². The summed E-state index contributed by atoms with van der Waals surface area (Å²) in [6, 6.07) is 14.8. The Kier molecular flexibility index (Phi) is 6.62. The maximum Gasteiger partial charge on any atom is 0.227 e. The van der Waals surface area contributed by atoms with Crippen LogP contribution in [0, 0.1) is 0 Å². The van der Waals surface area contributed by atoms with Crippen LogP contribution < -0.4 is 14.8 Å². The average Bonchev–Trinajstić information content (AvgIpc) is 3.21. The summed E-state index contributed by atoms with van der Waals surface area (Å²) in [7, 11) is 1.61. The highest BCUT2D eigenvalue weighted by Gasteiger charge is 2.12. The molecule has 0 spiro atoms. The van der Waals surface area contributed by atoms with Crippen molar-refractivity contribution in [1.29, 1.82) is 0 Å². The van der Waals surface area contributed by atoms with Gasteiger partial charge in [-0.1, -0.05) is 24.2 Å². The second-order valence-electron chi connectivity index (χ2n) is 6.13. The van der Waals surface area contributed by atoms with Crippen molar-refractivity contribution >= 4 is 11.6 Å². The normalized spacial score (nSPS) is 10.5. The first kappa shape index (κ1) is 19.4. The molecule has 0 fully saturated rings. The number of ether oxygens (including phenoxy) is 2. The molecule has 0 saturated carbocycles. The van der Waals surface area contributed by atoms with E-state index in [2.05, 4.69) is 15.5 Å². The summed E-state index contributed by atoms with van der Waals surface area (Å²) in [6.45, 7) is 2.63. The first-order valence-electron chi connectivity index (χ1n) is 9.18. The van der Waals surface area contributed by atoms with Crippen molar-refractivity contribution in [3.05, 3.63) is 54.4 Å². The van der Waals surface area contributed by atoms with E-state index >= 15 is 0 Å². The number of nitrogens with zero attached hydrogens (tertiary/aromatic N) is 2. The van der Waals surface area contributed by atoms with E-state index in [0.717, 1.165) is 17.7 Å². The van der Waals surface area contributed by atoms with Gasteiger partial charge >= 0.3 is 0 Å². The molecule has 0 bridgehead atoms. The predicted molar refractivity (Wildman–Crippen MR) is 105 cm³/mol. The van der Waals surface area contributed by atoms with Gasteiger partial charge in [0.15, 0.2) is 0 Å². The molecule has 146 valence electrons. The van der Waals surface area contributed by atoms with Crippen LogP contribution in [0.25, 0.3) is 11.4 Å². The summed E-state index contributed by atoms with van der Waals surface area (Å²) < 4.78 is 16.0. The number of carbonyl (C=O) groups excluding carboxylic acids is 1. The number of carbonyl (C=O) groups is 1. The van der Waals surface area contributed by atoms with Gasteiger partial charge in [-0.2, -0.15) is 4.98 Å². The van der Waals surface area contributed by atoms with Crippen molar-refractivity contribution in [2.45, 2.75) is 26.2 Å². The third-order valence-corrected chi connectivity index (χ3v) is 4.01. The molecule has 7 nitrogen and oxygen atoms in total. The molecule has 0 aliphatic rings. The van der Waals surface area contributed by atoms with Crippen LogP contribution in [0.5, 0.6) is 11.5 Å². The summed E-state index contributed by atoms with van der Waals surface area (Å²) in [5.41, 5.74) is 1.48. The van der Waals surface area contributed by atoms with Crippen molar-refractivity contribution in [1.82, 2.24) is 10.1 Å². The first-order chi connectivity index (χ1) is 13.7. The Morgan fingerprint density at radius 3 is 2.68 bits per heavy atom. The van der Waals surface area contributed by atoms with E-state index in [-0.39, 0.29) is 12.3 Å². The molecule has 1 heterocycles. The summed E-state index contributed by atoms with van der Waals surface area (Å²) in [5, 5.41) is 6.85. The third kappa shape index (κ3) is 5.09. The van der Waals surface area contributed by atoms with Crippen LogP contribution in [-0.2, 0) is 11.2 Å². The molecule has 0 aliphatic heterocycles. The maximum atomic E-state index is 12.3. The van der Waals surface area contributed by atoms with Crippen LogP contribution in [-0.4, -0.2) is 29.8 Å². The van der Waals surface area contributed by atoms with Gasteiger partial charge < -0.3 is 19.3 Å². The lowest BCUT2D eigenvalue weighted by atomic mass is 10.2. The molecule has 0 radical (unpaired) electrons. The topological polar surface area (TPSA) is 86.5 Å². The Hall–Kier alpha value is -3.35. The number of rotatable bonds is 9. The van der Waals surface area contributed by atoms with E-state index in [1.54, 1.807) is 7.11 Å². The fourth-order valence-electron chi connectivity index (χ4n) is 2.55. The summed E-state index contributed by atoms with van der Waals surface area (Å²) >= 11 is 0. The van der Waals surface area contributed by atoms with E-state index in [9.17, 15) is 4.79 Å². The monoisotopic (exact) mass is 381 g/mol. The smallest absolute Gasteiger partial charge is 0.227 e. The number of para-hydroxylation sites is 2. The molecule has 3 aromatic rings. The van der Waals surface area contributed by atoms with E-state index in [1.165, 1.54) is 0 Å². The van der Waals surface area contributed by atoms with Crippen LogP contribution in [0.15, 0.2) is 53.1 Å². The fourth-order valence-corrected chi connectivity index (χ4v) is 2.55. The zero-order valence-electron chi connectivity index (χ0n) is 16.0. The van der Waals surface area contributed by atoms with E-state index < -0.39 is 0 Å². The molecule has 7 heteroatoms. The number of amides is 1. The summed E-state index contributed by atoms with van der Waals surface area (Å²) in [4.78, 5) is 16.6. The summed E-state index contributed by atoms with van der Waals surface area (Å²) in [5.74, 6) is 2.18. The number of anilines is 1. The van der Waals surface area contributed by atoms with Crippen LogP contribution in [0.3, 0.4) is 0 Å². The quantitative estimate of drug-likeness (QED) is 0.600. The first-order valence-corrected chi connectivity index (χ1v) is 9.18. The Morgan fingerprint density at radius 2 is 1.93 bits per heavy atom. The van der Waals surface area contributed by atoms with Crippen LogP contribution in [0.1, 0.15) is 25.7 Å². The molecule has 1 amide bonds. The second kappa shape index (κ2) is 9.55. The largest absolute Gasteiger partial charge is 0.497 e. The molecular formula is C21H23N3O4. The minimum atomic E-state index is -0.142. The molecular weight excluding hydrogens is 358 g/mol. The van der Waals surface area contributed by atoms with Crippen molar-refractivity contribution in [2.24, 2.45) is 0 Å². The molecule has 0 aliphatic carbocycles. The van der Waals surface area contributed by atoms with Crippen LogP contribution in [0.2, 0.25) is 0 Å². The van der Waals surface area contributed by atoms with Gasteiger partial charge in [0, 0.05) is 18.4 Å². The molecule has 3 rings (SSSR count). The lowest BCUT2D eigenvalue weighted by Gasteiger charge is -2.11. The molecule has 1 aromatic heterocycles. The van der Waals surface area contributed by atoms with Gasteiger partial charge in [-0.05, 0) is 42.8 Å². The van der Waals surface area contributed by atoms with Crippen molar-refractivity contribution < 1.29 is 18.8 Å². The molecule has 2 aromatic carbocycles. The van der Waals surface area contributed by atoms with Crippen LogP contribution >= 0.6 is 0 Å². The number of methoxy groups -OCH3 is 1. The molecule has 0 atom stereocenters. The van der Waals surface area contributed by atoms with Gasteiger partial charge in [0.1, 0.15) is 11.5 Å². The van der Waals surface area contributed by atoms with Gasteiger partial charge in [-0.15, -0.1) is 0 Å².